The molecule has 15 heavy (non-hydrogen) atoms. The minimum atomic E-state index is 0.542. The molecule has 0 aliphatic heterocycles. The second-order valence-corrected chi connectivity index (χ2v) is 3.30. The van der Waals surface area contributed by atoms with E-state index in [1.165, 1.54) is 5.56 Å². The van der Waals surface area contributed by atoms with E-state index in [1.54, 1.807) is 13.3 Å². The van der Waals surface area contributed by atoms with E-state index in [-0.39, 0.29) is 0 Å². The molecule has 4 nitrogen and oxygen atoms in total. The molecule has 2 aromatic rings. The van der Waals surface area contributed by atoms with Gasteiger partial charge in [0.2, 0.25) is 0 Å². The summed E-state index contributed by atoms with van der Waals surface area (Å²) in [6, 6.07) is 10.2. The SMILES string of the molecule is COCc1cnnn1Cc1ccccc1. The Hall–Kier alpha value is -1.68. The van der Waals surface area contributed by atoms with Crippen LogP contribution in [0.25, 0.3) is 0 Å². The quantitative estimate of drug-likeness (QED) is 0.755. The molecule has 0 bridgehead atoms. The number of rotatable bonds is 4. The van der Waals surface area contributed by atoms with Crippen LogP contribution in [0.5, 0.6) is 0 Å². The second kappa shape index (κ2) is 4.70. The van der Waals surface area contributed by atoms with E-state index in [4.69, 9.17) is 4.74 Å². The average Bonchev–Trinajstić information content (AvgIpc) is 2.68. The molecule has 2 rings (SSSR count). The molecule has 0 aliphatic rings. The van der Waals surface area contributed by atoms with Crippen LogP contribution in [0, 0.1) is 0 Å². The first-order chi connectivity index (χ1) is 7.40. The Balaban J connectivity index is 2.14. The van der Waals surface area contributed by atoms with Gasteiger partial charge in [0.25, 0.3) is 0 Å². The minimum absolute atomic E-state index is 0.542. The molecule has 0 unspecified atom stereocenters. The summed E-state index contributed by atoms with van der Waals surface area (Å²) >= 11 is 0. The van der Waals surface area contributed by atoms with Crippen molar-refractivity contribution in [2.24, 2.45) is 0 Å². The van der Waals surface area contributed by atoms with Crippen molar-refractivity contribution in [3.8, 4) is 0 Å². The molecular formula is C11H13N3O. The molecule has 1 aromatic heterocycles. The van der Waals surface area contributed by atoms with Crippen LogP contribution in [-0.2, 0) is 17.9 Å². The zero-order valence-electron chi connectivity index (χ0n) is 8.63. The van der Waals surface area contributed by atoms with Gasteiger partial charge in [-0.05, 0) is 5.56 Å². The van der Waals surface area contributed by atoms with Crippen molar-refractivity contribution in [3.63, 3.8) is 0 Å². The molecule has 0 atom stereocenters. The summed E-state index contributed by atoms with van der Waals surface area (Å²) in [7, 11) is 1.67. The van der Waals surface area contributed by atoms with Crippen LogP contribution >= 0.6 is 0 Å². The highest BCUT2D eigenvalue weighted by Crippen LogP contribution is 2.04. The zero-order valence-corrected chi connectivity index (χ0v) is 8.63. The van der Waals surface area contributed by atoms with Crippen LogP contribution in [0.15, 0.2) is 36.5 Å². The van der Waals surface area contributed by atoms with Crippen molar-refractivity contribution >= 4 is 0 Å². The number of nitrogens with zero attached hydrogens (tertiary/aromatic N) is 3. The molecule has 0 saturated heterocycles. The van der Waals surface area contributed by atoms with E-state index >= 15 is 0 Å². The Bertz CT molecular complexity index is 411. The second-order valence-electron chi connectivity index (χ2n) is 3.30. The number of benzene rings is 1. The van der Waals surface area contributed by atoms with Gasteiger partial charge in [0.1, 0.15) is 0 Å². The molecule has 0 spiro atoms. The number of ether oxygens (including phenoxy) is 1. The molecule has 0 saturated carbocycles. The Morgan fingerprint density at radius 2 is 2.07 bits per heavy atom. The average molecular weight is 203 g/mol. The Morgan fingerprint density at radius 1 is 1.27 bits per heavy atom. The summed E-state index contributed by atoms with van der Waals surface area (Å²) in [5, 5.41) is 7.89. The summed E-state index contributed by atoms with van der Waals surface area (Å²) in [5.74, 6) is 0. The van der Waals surface area contributed by atoms with Crippen LogP contribution in [-0.4, -0.2) is 22.1 Å². The maximum absolute atomic E-state index is 5.06. The van der Waals surface area contributed by atoms with E-state index in [2.05, 4.69) is 22.4 Å². The lowest BCUT2D eigenvalue weighted by Crippen LogP contribution is -2.06. The van der Waals surface area contributed by atoms with Gasteiger partial charge in [-0.15, -0.1) is 5.10 Å². The fourth-order valence-corrected chi connectivity index (χ4v) is 1.43. The van der Waals surface area contributed by atoms with Gasteiger partial charge in [0.05, 0.1) is 25.0 Å². The lowest BCUT2D eigenvalue weighted by atomic mass is 10.2. The summed E-state index contributed by atoms with van der Waals surface area (Å²) in [5.41, 5.74) is 2.20. The fourth-order valence-electron chi connectivity index (χ4n) is 1.43. The summed E-state index contributed by atoms with van der Waals surface area (Å²) in [6.45, 7) is 1.28. The molecule has 0 N–H and O–H groups in total. The van der Waals surface area contributed by atoms with E-state index in [0.29, 0.717) is 6.61 Å². The Kier molecular flexibility index (Phi) is 3.09. The molecule has 1 aromatic carbocycles. The van der Waals surface area contributed by atoms with Gasteiger partial charge in [-0.3, -0.25) is 0 Å². The Morgan fingerprint density at radius 3 is 2.80 bits per heavy atom. The van der Waals surface area contributed by atoms with Gasteiger partial charge >= 0.3 is 0 Å². The first kappa shape index (κ1) is 9.86. The van der Waals surface area contributed by atoms with E-state index in [9.17, 15) is 0 Å². The largest absolute Gasteiger partial charge is 0.378 e. The predicted molar refractivity (Wildman–Crippen MR) is 56.3 cm³/mol. The third-order valence-electron chi connectivity index (χ3n) is 2.17. The zero-order chi connectivity index (χ0) is 10.5. The molecule has 78 valence electrons. The van der Waals surface area contributed by atoms with Crippen molar-refractivity contribution in [2.75, 3.05) is 7.11 Å². The third-order valence-corrected chi connectivity index (χ3v) is 2.17. The number of methoxy groups -OCH3 is 1. The molecule has 0 fully saturated rings. The van der Waals surface area contributed by atoms with Crippen LogP contribution < -0.4 is 0 Å². The highest BCUT2D eigenvalue weighted by Gasteiger charge is 2.03. The van der Waals surface area contributed by atoms with Crippen LogP contribution in [0.1, 0.15) is 11.3 Å². The lowest BCUT2D eigenvalue weighted by Gasteiger charge is -2.04. The normalized spacial score (nSPS) is 10.5. The topological polar surface area (TPSA) is 39.9 Å². The number of hydrogen-bond acceptors (Lipinski definition) is 3. The van der Waals surface area contributed by atoms with E-state index < -0.39 is 0 Å². The van der Waals surface area contributed by atoms with Crippen LogP contribution in [0.4, 0.5) is 0 Å². The standard InChI is InChI=1S/C11H13N3O/c1-15-9-11-7-12-13-14(11)8-10-5-3-2-4-6-10/h2-7H,8-9H2,1H3. The van der Waals surface area contributed by atoms with Crippen molar-refractivity contribution < 1.29 is 4.74 Å². The number of hydrogen-bond donors (Lipinski definition) is 0. The van der Waals surface area contributed by atoms with Crippen molar-refractivity contribution in [2.45, 2.75) is 13.2 Å². The van der Waals surface area contributed by atoms with Crippen molar-refractivity contribution in [1.29, 1.82) is 0 Å². The summed E-state index contributed by atoms with van der Waals surface area (Å²) < 4.78 is 6.91. The predicted octanol–water partition coefficient (Wildman–Crippen LogP) is 1.47. The van der Waals surface area contributed by atoms with Crippen molar-refractivity contribution in [1.82, 2.24) is 15.0 Å². The molecule has 1 heterocycles. The van der Waals surface area contributed by atoms with Crippen LogP contribution in [0.3, 0.4) is 0 Å². The van der Waals surface area contributed by atoms with Gasteiger partial charge in [-0.25, -0.2) is 4.68 Å². The highest BCUT2D eigenvalue weighted by molar-refractivity contribution is 5.15. The lowest BCUT2D eigenvalue weighted by molar-refractivity contribution is 0.177. The van der Waals surface area contributed by atoms with Gasteiger partial charge < -0.3 is 4.74 Å². The number of aromatic nitrogens is 3. The first-order valence-electron chi connectivity index (χ1n) is 4.80. The minimum Gasteiger partial charge on any atom is -0.378 e. The van der Waals surface area contributed by atoms with Crippen LogP contribution in [0.2, 0.25) is 0 Å². The summed E-state index contributed by atoms with van der Waals surface area (Å²) in [6.07, 6.45) is 1.73. The van der Waals surface area contributed by atoms with Gasteiger partial charge in [0, 0.05) is 7.11 Å². The Labute approximate surface area is 88.5 Å². The van der Waals surface area contributed by atoms with Gasteiger partial charge in [0.15, 0.2) is 0 Å². The maximum atomic E-state index is 5.06. The van der Waals surface area contributed by atoms with E-state index in [1.807, 2.05) is 22.9 Å². The van der Waals surface area contributed by atoms with Gasteiger partial charge in [-0.1, -0.05) is 35.5 Å². The van der Waals surface area contributed by atoms with E-state index in [0.717, 1.165) is 12.2 Å². The van der Waals surface area contributed by atoms with Crippen molar-refractivity contribution in [3.05, 3.63) is 47.8 Å². The smallest absolute Gasteiger partial charge is 0.0897 e. The fraction of sp³-hybridized carbons (Fsp3) is 0.273. The summed E-state index contributed by atoms with van der Waals surface area (Å²) in [4.78, 5) is 0. The third kappa shape index (κ3) is 2.41. The highest BCUT2D eigenvalue weighted by atomic mass is 16.5. The van der Waals surface area contributed by atoms with Gasteiger partial charge in [-0.2, -0.15) is 0 Å². The molecule has 0 radical (unpaired) electrons. The maximum Gasteiger partial charge on any atom is 0.0897 e. The molecule has 0 aliphatic carbocycles. The molecule has 4 heteroatoms. The monoisotopic (exact) mass is 203 g/mol. The molecule has 0 amide bonds. The molecular weight excluding hydrogens is 190 g/mol. The first-order valence-corrected chi connectivity index (χ1v) is 4.80.